The van der Waals surface area contributed by atoms with E-state index in [-0.39, 0.29) is 18.2 Å². The molecule has 1 heterocycles. The number of rotatable bonds is 8. The summed E-state index contributed by atoms with van der Waals surface area (Å²) in [4.78, 5) is 28.1. The molecular weight excluding hydrogens is 456 g/mol. The third-order valence-corrected chi connectivity index (χ3v) is 6.06. The van der Waals surface area contributed by atoms with Crippen molar-refractivity contribution in [1.29, 1.82) is 0 Å². The molecule has 0 radical (unpaired) electrons. The highest BCUT2D eigenvalue weighted by Crippen LogP contribution is 2.43. The Morgan fingerprint density at radius 1 is 1.00 bits per heavy atom. The first-order valence-corrected chi connectivity index (χ1v) is 11.1. The molecule has 1 aliphatic rings. The minimum atomic E-state index is -0.569. The second-order valence-corrected chi connectivity index (χ2v) is 8.26. The zero-order chi connectivity index (χ0) is 24.2. The number of benzene rings is 3. The number of ether oxygens (including phenoxy) is 3. The van der Waals surface area contributed by atoms with Gasteiger partial charge in [0.1, 0.15) is 0 Å². The number of fused-ring (bicyclic) bond motifs is 1. The summed E-state index contributed by atoms with van der Waals surface area (Å²) >= 11 is 5.95. The molecule has 2 amide bonds. The number of nitrogens with one attached hydrogen (secondary N) is 1. The number of carbonyl (C=O) groups excluding carboxylic acids is 2. The van der Waals surface area contributed by atoms with Crippen LogP contribution >= 0.6 is 11.6 Å². The maximum atomic E-state index is 13.3. The molecule has 1 atom stereocenters. The van der Waals surface area contributed by atoms with Gasteiger partial charge in [-0.3, -0.25) is 9.59 Å². The third-order valence-electron chi connectivity index (χ3n) is 5.80. The Morgan fingerprint density at radius 2 is 1.65 bits per heavy atom. The molecule has 8 heteroatoms. The topological polar surface area (TPSA) is 77.1 Å². The normalized spacial score (nSPS) is 13.3. The van der Waals surface area contributed by atoms with Crippen molar-refractivity contribution in [2.24, 2.45) is 0 Å². The van der Waals surface area contributed by atoms with Crippen LogP contribution in [0.4, 0.5) is 5.69 Å². The van der Waals surface area contributed by atoms with Gasteiger partial charge < -0.3 is 24.4 Å². The van der Waals surface area contributed by atoms with Crippen molar-refractivity contribution in [2.75, 3.05) is 26.6 Å². The van der Waals surface area contributed by atoms with Crippen LogP contribution in [0.25, 0.3) is 0 Å². The first-order valence-electron chi connectivity index (χ1n) is 10.7. The summed E-state index contributed by atoms with van der Waals surface area (Å²) in [6.45, 7) is 0.393. The zero-order valence-electron chi connectivity index (χ0n) is 19.1. The van der Waals surface area contributed by atoms with E-state index >= 15 is 0 Å². The Labute approximate surface area is 203 Å². The maximum absolute atomic E-state index is 13.3. The Morgan fingerprint density at radius 3 is 2.24 bits per heavy atom. The number of amides is 2. The molecule has 3 aromatic rings. The molecule has 1 aliphatic heterocycles. The summed E-state index contributed by atoms with van der Waals surface area (Å²) < 4.78 is 16.5. The lowest BCUT2D eigenvalue weighted by Gasteiger charge is -2.29. The van der Waals surface area contributed by atoms with Gasteiger partial charge in [0.2, 0.25) is 11.7 Å². The van der Waals surface area contributed by atoms with Gasteiger partial charge in [-0.15, -0.1) is 0 Å². The van der Waals surface area contributed by atoms with E-state index in [1.54, 1.807) is 47.4 Å². The van der Waals surface area contributed by atoms with Crippen molar-refractivity contribution in [1.82, 2.24) is 4.90 Å². The van der Waals surface area contributed by atoms with E-state index in [0.29, 0.717) is 45.6 Å². The van der Waals surface area contributed by atoms with Crippen LogP contribution in [0.5, 0.6) is 17.2 Å². The summed E-state index contributed by atoms with van der Waals surface area (Å²) in [7, 11) is 4.58. The van der Waals surface area contributed by atoms with Crippen molar-refractivity contribution in [3.63, 3.8) is 0 Å². The summed E-state index contributed by atoms with van der Waals surface area (Å²) in [5.74, 6) is 0.959. The van der Waals surface area contributed by atoms with Gasteiger partial charge in [-0.1, -0.05) is 29.8 Å². The van der Waals surface area contributed by atoms with E-state index in [4.69, 9.17) is 25.8 Å². The van der Waals surface area contributed by atoms with Gasteiger partial charge in [-0.2, -0.15) is 0 Å². The zero-order valence-corrected chi connectivity index (χ0v) is 19.9. The molecule has 1 N–H and O–H groups in total. The lowest BCUT2D eigenvalue weighted by molar-refractivity contribution is -0.117. The van der Waals surface area contributed by atoms with E-state index in [2.05, 4.69) is 5.32 Å². The molecule has 7 nitrogen and oxygen atoms in total. The van der Waals surface area contributed by atoms with Gasteiger partial charge >= 0.3 is 0 Å². The fourth-order valence-electron chi connectivity index (χ4n) is 4.15. The molecule has 4 rings (SSSR count). The van der Waals surface area contributed by atoms with Crippen LogP contribution < -0.4 is 19.5 Å². The van der Waals surface area contributed by atoms with Crippen molar-refractivity contribution in [2.45, 2.75) is 19.0 Å². The van der Waals surface area contributed by atoms with Gasteiger partial charge in [-0.25, -0.2) is 0 Å². The van der Waals surface area contributed by atoms with Crippen LogP contribution in [-0.2, 0) is 11.3 Å². The summed E-state index contributed by atoms with van der Waals surface area (Å²) in [5.41, 5.74) is 2.87. The van der Waals surface area contributed by atoms with Gasteiger partial charge in [0.25, 0.3) is 5.91 Å². The third kappa shape index (κ3) is 4.65. The Hall–Kier alpha value is -3.71. The Bertz CT molecular complexity index is 1190. The molecule has 0 aromatic heterocycles. The molecular formula is C26H25ClN2O5. The number of hydrogen-bond donors (Lipinski definition) is 1. The van der Waals surface area contributed by atoms with Crippen LogP contribution in [0.3, 0.4) is 0 Å². The smallest absolute Gasteiger partial charge is 0.255 e. The second kappa shape index (κ2) is 10.1. The average Bonchev–Trinajstić information content (AvgIpc) is 3.19. The number of methoxy groups -OCH3 is 3. The lowest BCUT2D eigenvalue weighted by atomic mass is 10.00. The molecule has 34 heavy (non-hydrogen) atoms. The fourth-order valence-corrected chi connectivity index (χ4v) is 4.28. The number of hydrogen-bond acceptors (Lipinski definition) is 5. The van der Waals surface area contributed by atoms with Crippen molar-refractivity contribution in [3.8, 4) is 17.2 Å². The SMILES string of the molecule is COc1cc([C@H](CC(=O)Nc2ccc(Cl)cc2)N2Cc3ccccc3C2=O)cc(OC)c1OC. The molecule has 0 unspecified atom stereocenters. The van der Waals surface area contributed by atoms with E-state index in [1.165, 1.54) is 21.3 Å². The molecule has 176 valence electrons. The van der Waals surface area contributed by atoms with Crippen molar-refractivity contribution >= 4 is 29.1 Å². The standard InChI is InChI=1S/C26H25ClN2O5/c1-32-22-12-17(13-23(33-2)25(22)34-3)21(14-24(30)28-19-10-8-18(27)9-11-19)29-15-16-6-4-5-7-20(16)26(29)31/h4-13,21H,14-15H2,1-3H3,(H,28,30)/t21-/m0/s1. The minimum absolute atomic E-state index is 0.0288. The van der Waals surface area contributed by atoms with E-state index < -0.39 is 6.04 Å². The monoisotopic (exact) mass is 480 g/mol. The summed E-state index contributed by atoms with van der Waals surface area (Å²) in [5, 5.41) is 3.46. The predicted molar refractivity (Wildman–Crippen MR) is 130 cm³/mol. The van der Waals surface area contributed by atoms with E-state index in [0.717, 1.165) is 5.56 Å². The van der Waals surface area contributed by atoms with Crippen LogP contribution in [0.15, 0.2) is 60.7 Å². The minimum Gasteiger partial charge on any atom is -0.493 e. The average molecular weight is 481 g/mol. The molecule has 3 aromatic carbocycles. The van der Waals surface area contributed by atoms with E-state index in [9.17, 15) is 9.59 Å². The molecule has 0 aliphatic carbocycles. The number of nitrogens with zero attached hydrogens (tertiary/aromatic N) is 1. The number of anilines is 1. The van der Waals surface area contributed by atoms with E-state index in [1.807, 2.05) is 18.2 Å². The lowest BCUT2D eigenvalue weighted by Crippen LogP contribution is -2.32. The Balaban J connectivity index is 1.71. The first kappa shape index (κ1) is 23.4. The largest absolute Gasteiger partial charge is 0.493 e. The maximum Gasteiger partial charge on any atom is 0.255 e. The van der Waals surface area contributed by atoms with Crippen LogP contribution in [-0.4, -0.2) is 38.0 Å². The molecule has 0 spiro atoms. The second-order valence-electron chi connectivity index (χ2n) is 7.82. The van der Waals surface area contributed by atoms with Crippen LogP contribution in [0.2, 0.25) is 5.02 Å². The predicted octanol–water partition coefficient (Wildman–Crippen LogP) is 5.09. The first-order chi connectivity index (χ1) is 16.4. The molecule has 0 fully saturated rings. The van der Waals surface area contributed by atoms with Crippen molar-refractivity contribution in [3.05, 3.63) is 82.4 Å². The van der Waals surface area contributed by atoms with Crippen LogP contribution in [0.1, 0.15) is 33.9 Å². The van der Waals surface area contributed by atoms with Gasteiger partial charge in [0.05, 0.1) is 33.8 Å². The van der Waals surface area contributed by atoms with Gasteiger partial charge in [0, 0.05) is 22.8 Å². The number of halogens is 1. The molecule has 0 saturated carbocycles. The summed E-state index contributed by atoms with van der Waals surface area (Å²) in [6.07, 6.45) is 0.0288. The van der Waals surface area contributed by atoms with Crippen molar-refractivity contribution < 1.29 is 23.8 Å². The molecule has 0 bridgehead atoms. The van der Waals surface area contributed by atoms with Crippen LogP contribution in [0, 0.1) is 0 Å². The highest BCUT2D eigenvalue weighted by atomic mass is 35.5. The van der Waals surface area contributed by atoms with Gasteiger partial charge in [0.15, 0.2) is 11.5 Å². The number of carbonyl (C=O) groups is 2. The summed E-state index contributed by atoms with van der Waals surface area (Å²) in [6, 6.07) is 17.3. The quantitative estimate of drug-likeness (QED) is 0.486. The highest BCUT2D eigenvalue weighted by molar-refractivity contribution is 6.30. The molecule has 0 saturated heterocycles. The fraction of sp³-hybridized carbons (Fsp3) is 0.231. The Kier molecular flexibility index (Phi) is 6.93. The highest BCUT2D eigenvalue weighted by Gasteiger charge is 2.35. The van der Waals surface area contributed by atoms with Gasteiger partial charge in [-0.05, 0) is 53.6 Å².